The number of carbonyl (C=O) groups is 2. The van der Waals surface area contributed by atoms with Gasteiger partial charge in [-0.2, -0.15) is 0 Å². The summed E-state index contributed by atoms with van der Waals surface area (Å²) in [6.45, 7) is 13.5. The molecule has 2 amide bonds. The van der Waals surface area contributed by atoms with Gasteiger partial charge in [0, 0.05) is 49.3 Å². The molecule has 0 radical (unpaired) electrons. The van der Waals surface area contributed by atoms with Gasteiger partial charge in [-0.25, -0.2) is 0 Å². The fourth-order valence-electron chi connectivity index (χ4n) is 0. The van der Waals surface area contributed by atoms with E-state index in [2.05, 4.69) is 20.0 Å². The third-order valence-corrected chi connectivity index (χ3v) is 0.422. The normalized spacial score (nSPS) is 4.35. The van der Waals surface area contributed by atoms with E-state index in [1.54, 1.807) is 28.2 Å². The van der Waals surface area contributed by atoms with E-state index in [1.807, 2.05) is 0 Å². The summed E-state index contributed by atoms with van der Waals surface area (Å²) in [5.74, 6) is 0. The van der Waals surface area contributed by atoms with Gasteiger partial charge < -0.3 is 9.80 Å². The Hall–Kier alpha value is -1.15. The molecule has 0 fully saturated rings. The van der Waals surface area contributed by atoms with Crippen LogP contribution < -0.4 is 0 Å². The topological polar surface area (TPSA) is 100 Å². The number of carbonyl (C=O) groups excluding carboxylic acids is 2. The number of hydrogen-bond acceptors (Lipinski definition) is 2. The molecule has 96 valence electrons. The standard InChI is InChI=1S/2C3H7NO.3CO.Mo/c2*1-4(2)3-5;3*1-2;/h2*3H,1-2H3;;;;. The molecule has 0 unspecified atom stereocenters. The van der Waals surface area contributed by atoms with Gasteiger partial charge in [0.1, 0.15) is 0 Å². The zero-order valence-corrected chi connectivity index (χ0v) is 12.0. The van der Waals surface area contributed by atoms with E-state index in [0.717, 1.165) is 12.8 Å². The van der Waals surface area contributed by atoms with Gasteiger partial charge in [0.25, 0.3) is 0 Å². The Morgan fingerprint density at radius 2 is 0.765 bits per heavy atom. The summed E-state index contributed by atoms with van der Waals surface area (Å²) >= 11 is 0. The summed E-state index contributed by atoms with van der Waals surface area (Å²) < 4.78 is 22.5. The Kier molecular flexibility index (Phi) is 129. The molecule has 0 bridgehead atoms. The zero-order valence-electron chi connectivity index (χ0n) is 10.00. The van der Waals surface area contributed by atoms with Crippen LogP contribution in [0.3, 0.4) is 0 Å². The predicted molar refractivity (Wildman–Crippen MR) is 51.3 cm³/mol. The van der Waals surface area contributed by atoms with Gasteiger partial charge in [0.05, 0.1) is 0 Å². The average molecular weight is 326 g/mol. The van der Waals surface area contributed by atoms with Crippen molar-refractivity contribution in [3.05, 3.63) is 20.0 Å². The number of hydrogen-bond donors (Lipinski definition) is 0. The van der Waals surface area contributed by atoms with Gasteiger partial charge in [0.2, 0.25) is 12.8 Å². The molecule has 8 heteroatoms. The molecule has 0 saturated heterocycles. The largest absolute Gasteiger partial charge is 0 e. The SMILES string of the molecule is CN(C)C=O.CN(C)C=O.[C-]#[O+].[C-]#[O+].[C-]#[O+].[Mo]. The van der Waals surface area contributed by atoms with Crippen LogP contribution in [0.2, 0.25) is 0 Å². The minimum Gasteiger partial charge on any atom is 0 e. The molecular formula is C9H14MoN2O5. The van der Waals surface area contributed by atoms with E-state index in [-0.39, 0.29) is 21.1 Å². The first-order valence-electron chi connectivity index (χ1n) is 3.39. The van der Waals surface area contributed by atoms with Crippen molar-refractivity contribution < 1.29 is 44.6 Å². The average Bonchev–Trinajstić information content (AvgIpc) is 2.37. The molecule has 0 aliphatic carbocycles. The van der Waals surface area contributed by atoms with Gasteiger partial charge in [0.15, 0.2) is 0 Å². The van der Waals surface area contributed by atoms with E-state index in [4.69, 9.17) is 14.0 Å². The van der Waals surface area contributed by atoms with Gasteiger partial charge in [-0.3, -0.25) is 9.59 Å². The van der Waals surface area contributed by atoms with E-state index in [1.165, 1.54) is 9.80 Å². The van der Waals surface area contributed by atoms with Gasteiger partial charge in [-0.1, -0.05) is 0 Å². The number of rotatable bonds is 2. The molecule has 7 nitrogen and oxygen atoms in total. The summed E-state index contributed by atoms with van der Waals surface area (Å²) in [5, 5.41) is 0. The monoisotopic (exact) mass is 328 g/mol. The maximum atomic E-state index is 9.43. The van der Waals surface area contributed by atoms with Gasteiger partial charge >= 0.3 is 33.9 Å². The van der Waals surface area contributed by atoms with E-state index < -0.39 is 0 Å². The summed E-state index contributed by atoms with van der Waals surface area (Å²) in [4.78, 5) is 21.8. The van der Waals surface area contributed by atoms with Crippen molar-refractivity contribution >= 4 is 12.8 Å². The summed E-state index contributed by atoms with van der Waals surface area (Å²) in [6, 6.07) is 0. The minimum atomic E-state index is 0. The van der Waals surface area contributed by atoms with Crippen LogP contribution in [-0.4, -0.2) is 50.8 Å². The number of nitrogens with zero attached hydrogens (tertiary/aromatic N) is 2. The smallest absolute Gasteiger partial charge is 0 e. The van der Waals surface area contributed by atoms with Crippen LogP contribution in [0.4, 0.5) is 0 Å². The Bertz CT molecular complexity index is 163. The van der Waals surface area contributed by atoms with Crippen molar-refractivity contribution in [1.82, 2.24) is 9.80 Å². The van der Waals surface area contributed by atoms with Crippen molar-refractivity contribution in [3.63, 3.8) is 0 Å². The molecule has 0 heterocycles. The molecule has 0 aromatic carbocycles. The van der Waals surface area contributed by atoms with Crippen LogP contribution in [0.5, 0.6) is 0 Å². The summed E-state index contributed by atoms with van der Waals surface area (Å²) in [6.07, 6.45) is 1.50. The van der Waals surface area contributed by atoms with Crippen LogP contribution in [0.15, 0.2) is 0 Å². The third kappa shape index (κ3) is 302. The fraction of sp³-hybridized carbons (Fsp3) is 0.444. The Morgan fingerprint density at radius 1 is 0.706 bits per heavy atom. The van der Waals surface area contributed by atoms with Crippen LogP contribution in [0, 0.1) is 20.0 Å². The van der Waals surface area contributed by atoms with Gasteiger partial charge in [-0.15, -0.1) is 0 Å². The van der Waals surface area contributed by atoms with Crippen molar-refractivity contribution in [2.75, 3.05) is 28.2 Å². The van der Waals surface area contributed by atoms with Gasteiger partial charge in [-0.05, 0) is 0 Å². The first-order valence-corrected chi connectivity index (χ1v) is 3.39. The second-order valence-electron chi connectivity index (χ2n) is 2.14. The molecule has 0 N–H and O–H groups in total. The minimum absolute atomic E-state index is 0. The zero-order chi connectivity index (χ0) is 14.6. The van der Waals surface area contributed by atoms with E-state index in [0.29, 0.717) is 0 Å². The molecule has 0 atom stereocenters. The number of amides is 2. The molecule has 0 aromatic heterocycles. The van der Waals surface area contributed by atoms with E-state index >= 15 is 0 Å². The van der Waals surface area contributed by atoms with E-state index in [9.17, 15) is 9.59 Å². The Labute approximate surface area is 116 Å². The predicted octanol–water partition coefficient (Wildman–Crippen LogP) is -0.706. The van der Waals surface area contributed by atoms with Crippen molar-refractivity contribution in [3.8, 4) is 0 Å². The molecule has 0 aliphatic heterocycles. The maximum absolute atomic E-state index is 9.43. The summed E-state index contributed by atoms with van der Waals surface area (Å²) in [5.41, 5.74) is 0. The van der Waals surface area contributed by atoms with Crippen LogP contribution in [0.1, 0.15) is 0 Å². The van der Waals surface area contributed by atoms with Crippen molar-refractivity contribution in [1.29, 1.82) is 0 Å². The maximum Gasteiger partial charge on any atom is 0 e. The van der Waals surface area contributed by atoms with Crippen LogP contribution in [0.25, 0.3) is 0 Å². The second kappa shape index (κ2) is 60.7. The van der Waals surface area contributed by atoms with Crippen LogP contribution in [-0.2, 0) is 44.6 Å². The molecule has 0 aliphatic rings. The molecule has 0 saturated carbocycles. The first-order chi connectivity index (χ1) is 7.54. The third-order valence-electron chi connectivity index (χ3n) is 0.422. The van der Waals surface area contributed by atoms with Crippen LogP contribution >= 0.6 is 0 Å². The fourth-order valence-corrected chi connectivity index (χ4v) is 0. The van der Waals surface area contributed by atoms with Crippen molar-refractivity contribution in [2.45, 2.75) is 0 Å². The molecule has 17 heavy (non-hydrogen) atoms. The molecule has 0 spiro atoms. The Morgan fingerprint density at radius 3 is 0.765 bits per heavy atom. The summed E-state index contributed by atoms with van der Waals surface area (Å²) in [7, 11) is 6.75. The second-order valence-corrected chi connectivity index (χ2v) is 2.14. The molecule has 0 aromatic rings. The van der Waals surface area contributed by atoms with Crippen molar-refractivity contribution in [2.24, 2.45) is 0 Å². The first kappa shape index (κ1) is 36.0. The quantitative estimate of drug-likeness (QED) is 0.290. The Balaban J connectivity index is -0.0000000238. The molecular weight excluding hydrogens is 312 g/mol. The molecule has 0 rings (SSSR count).